The van der Waals surface area contributed by atoms with Crippen LogP contribution in [0.3, 0.4) is 0 Å². The van der Waals surface area contributed by atoms with Gasteiger partial charge in [0.25, 0.3) is 0 Å². The van der Waals surface area contributed by atoms with E-state index >= 15 is 0 Å². The number of rotatable bonds is 34. The van der Waals surface area contributed by atoms with Crippen molar-refractivity contribution >= 4 is 42.1 Å². The van der Waals surface area contributed by atoms with E-state index in [2.05, 4.69) is 41.5 Å². The Bertz CT molecular complexity index is 2060. The first-order valence-corrected chi connectivity index (χ1v) is 33.2. The zero-order chi connectivity index (χ0) is 56.3. The summed E-state index contributed by atoms with van der Waals surface area (Å²) in [5.41, 5.74) is -3.79. The van der Waals surface area contributed by atoms with Crippen molar-refractivity contribution in [3.8, 4) is 0 Å². The van der Waals surface area contributed by atoms with Crippen LogP contribution in [0, 0.1) is 69.8 Å². The Morgan fingerprint density at radius 3 is 0.566 bits per heavy atom. The van der Waals surface area contributed by atoms with E-state index in [0.717, 1.165) is 0 Å². The molecule has 0 spiro atoms. The summed E-state index contributed by atoms with van der Waals surface area (Å²) in [7, 11) is -2.46. The normalized spacial score (nSPS) is 12.0. The molecule has 16 heteroatoms. The van der Waals surface area contributed by atoms with Crippen molar-refractivity contribution in [3.63, 3.8) is 0 Å². The molecule has 4 aromatic carbocycles. The molecule has 0 unspecified atom stereocenters. The van der Waals surface area contributed by atoms with Gasteiger partial charge in [-0.05, 0) is 38.5 Å². The van der Waals surface area contributed by atoms with Crippen molar-refractivity contribution in [2.75, 3.05) is 37.0 Å². The molecule has 0 aliphatic carbocycles. The number of nitrogens with zero attached hydrogens (tertiary/aromatic N) is 1. The van der Waals surface area contributed by atoms with Crippen LogP contribution in [0.5, 0.6) is 0 Å². The lowest BCUT2D eigenvalue weighted by molar-refractivity contribution is 0.447. The lowest BCUT2D eigenvalue weighted by atomic mass is 9.13. The first kappa shape index (κ1) is 67.0. The average molecular weight is 1120 g/mol. The summed E-state index contributed by atoms with van der Waals surface area (Å²) < 4.78 is 177. The number of unbranched alkanes of at least 4 members (excludes halogenated alkanes) is 18. The van der Waals surface area contributed by atoms with E-state index in [0.29, 0.717) is 0 Å². The van der Waals surface area contributed by atoms with E-state index in [1.807, 2.05) is 0 Å². The Morgan fingerprint density at radius 1 is 0.263 bits per heavy atom. The highest BCUT2D eigenvalue weighted by atomic mass is 31.2. The van der Waals surface area contributed by atoms with Gasteiger partial charge in [0.1, 0.15) is 6.15 Å². The average Bonchev–Trinajstić information content (AvgIpc) is 3.39. The summed E-state index contributed by atoms with van der Waals surface area (Å²) in [4.78, 5) is 0. The molecule has 4 rings (SSSR count). The van der Waals surface area contributed by atoms with Crippen LogP contribution in [-0.2, 0) is 0 Å². The molecule has 76 heavy (non-hydrogen) atoms. The maximum Gasteiger partial charge on any atom is 0.216 e. The zero-order valence-corrected chi connectivity index (χ0v) is 48.1. The lowest BCUT2D eigenvalue weighted by Crippen LogP contribution is -2.75. The molecule has 0 saturated carbocycles. The second kappa shape index (κ2) is 34.6. The van der Waals surface area contributed by atoms with Gasteiger partial charge in [-0.3, -0.25) is 0 Å². The van der Waals surface area contributed by atoms with Crippen LogP contribution in [0.4, 0.5) is 52.7 Å². The summed E-state index contributed by atoms with van der Waals surface area (Å²) in [6, 6.07) is 1.41. The van der Waals surface area contributed by atoms with Gasteiger partial charge in [-0.15, -0.1) is 0 Å². The summed E-state index contributed by atoms with van der Waals surface area (Å²) in [5.74, 6) is -24.0. The molecule has 4 aromatic rings. The van der Waals surface area contributed by atoms with Crippen LogP contribution in [0.25, 0.3) is 0 Å². The monoisotopic (exact) mass is 1120 g/mol. The van der Waals surface area contributed by atoms with Crippen LogP contribution >= 0.6 is 14.1 Å². The van der Waals surface area contributed by atoms with Crippen LogP contribution in [0.1, 0.15) is 196 Å². The first-order chi connectivity index (χ1) is 36.4. The second-order valence-corrected chi connectivity index (χ2v) is 28.8. The molecule has 1 nitrogen and oxygen atoms in total. The number of hydrogen-bond acceptors (Lipinski definition) is 0. The van der Waals surface area contributed by atoms with E-state index in [1.165, 1.54) is 191 Å². The molecule has 0 saturated heterocycles. The molecule has 0 radical (unpaired) electrons. The van der Waals surface area contributed by atoms with Gasteiger partial charge < -0.3 is 0 Å². The first-order valence-electron chi connectivity index (χ1n) is 28.6. The predicted octanol–water partition coefficient (Wildman–Crippen LogP) is 18.7. The minimum absolute atomic E-state index is 0.177. The fourth-order valence-corrected chi connectivity index (χ4v) is 22.4. The molecule has 0 N–H and O–H groups in total. The van der Waals surface area contributed by atoms with Crippen molar-refractivity contribution in [2.45, 2.75) is 196 Å². The fourth-order valence-electron chi connectivity index (χ4n) is 10.8. The fraction of sp³-hybridized carbons (Fsp3) is 0.600. The Hall–Kier alpha value is -3.33. The predicted molar refractivity (Wildman–Crippen MR) is 300 cm³/mol. The van der Waals surface area contributed by atoms with Crippen LogP contribution < -0.4 is 26.0 Å². The highest BCUT2D eigenvalue weighted by Gasteiger charge is 2.38. The molecule has 0 heterocycles. The quantitative estimate of drug-likeness (QED) is 0.0111. The molecular weight excluding hydrogens is 1040 g/mol. The Kier molecular flexibility index (Phi) is 30.5. The molecule has 0 aliphatic rings. The minimum atomic E-state index is -4.01. The lowest BCUT2D eigenvalue weighted by Gasteiger charge is -2.44. The topological polar surface area (TPSA) is 14.1 Å². The maximum absolute atomic E-state index is 14.4. The summed E-state index contributed by atoms with van der Waals surface area (Å²) in [6.07, 6.45) is 39.3. The highest BCUT2D eigenvalue weighted by Crippen LogP contribution is 2.56. The molecule has 0 amide bonds. The minimum Gasteiger partial charge on any atom is -0.204 e. The molecule has 0 aliphatic heterocycles. The standard InChI is InChI=1S/C36H78NP2.C24H8BF12/c1-7-13-19-25-31-38(32-26-20-14-8-2,33-27-21-15-9-3)37-39(34-28-22-16-10-4,35-29-23-17-11-5)36-30-24-18-12-6;26-13-1-9(2-14(27)21(13)34)25(10-3-15(28)22(35)16(29)4-10,11-5-17(30)23(36)18(31)6-11)12-7-19(32)24(37)20(33)8-12/h7-36H2,1-6H3;1-8H/q+1;-1. The van der Waals surface area contributed by atoms with Gasteiger partial charge in [0, 0.05) is 37.0 Å². The third-order valence-corrected chi connectivity index (χ3v) is 24.9. The van der Waals surface area contributed by atoms with Crippen molar-refractivity contribution in [1.82, 2.24) is 4.17 Å². The number of halogens is 12. The van der Waals surface area contributed by atoms with E-state index in [9.17, 15) is 52.7 Å². The van der Waals surface area contributed by atoms with Crippen molar-refractivity contribution in [3.05, 3.63) is 118 Å². The molecule has 0 aromatic heterocycles. The molecule has 0 fully saturated rings. The summed E-state index contributed by atoms with van der Waals surface area (Å²) in [6.45, 7) is 14.3. The zero-order valence-electron chi connectivity index (χ0n) is 46.3. The van der Waals surface area contributed by atoms with Crippen LogP contribution in [0.2, 0.25) is 0 Å². The van der Waals surface area contributed by atoms with E-state index in [1.54, 1.807) is 0 Å². The van der Waals surface area contributed by atoms with Crippen LogP contribution in [0.15, 0.2) is 48.5 Å². The van der Waals surface area contributed by atoms with Gasteiger partial charge >= 0.3 is 0 Å². The Balaban J connectivity index is 0.000000400. The summed E-state index contributed by atoms with van der Waals surface area (Å²) in [5, 5.41) is 0. The third-order valence-electron chi connectivity index (χ3n) is 15.0. The summed E-state index contributed by atoms with van der Waals surface area (Å²) >= 11 is 0. The molecule has 0 atom stereocenters. The Morgan fingerprint density at radius 2 is 0.421 bits per heavy atom. The van der Waals surface area contributed by atoms with E-state index in [-0.39, 0.29) is 48.5 Å². The van der Waals surface area contributed by atoms with Crippen LogP contribution in [-0.4, -0.2) is 43.1 Å². The smallest absolute Gasteiger partial charge is 0.204 e. The second-order valence-electron chi connectivity index (χ2n) is 21.0. The Labute approximate surface area is 448 Å². The van der Waals surface area contributed by atoms with Crippen molar-refractivity contribution < 1.29 is 52.7 Å². The van der Waals surface area contributed by atoms with Crippen molar-refractivity contribution in [2.24, 2.45) is 0 Å². The van der Waals surface area contributed by atoms with E-state index in [4.69, 9.17) is 4.17 Å². The highest BCUT2D eigenvalue weighted by molar-refractivity contribution is 7.73. The van der Waals surface area contributed by atoms with Gasteiger partial charge in [0.2, 0.25) is 14.1 Å². The number of benzene rings is 4. The van der Waals surface area contributed by atoms with Gasteiger partial charge in [-0.25, -0.2) is 52.7 Å². The van der Waals surface area contributed by atoms with Gasteiger partial charge in [-0.1, -0.05) is 206 Å². The van der Waals surface area contributed by atoms with Crippen molar-refractivity contribution in [1.29, 1.82) is 0 Å². The molecule has 0 bridgehead atoms. The van der Waals surface area contributed by atoms with Gasteiger partial charge in [0.05, 0.1) is 0 Å². The SMILES string of the molecule is CCCCCCP(CCCCCC)(CCCCCC)=[N+]=P(CCCCCC)(CCCCCC)CCCCCC.Fc1cc([B-](c2cc(F)c(F)c(F)c2)(c2cc(F)c(F)c(F)c2)c2cc(F)c(F)c(F)c2)cc(F)c1F. The maximum atomic E-state index is 14.4. The third kappa shape index (κ3) is 19.5. The molecular formula is C60H86BF12NP2. The number of hydrogen-bond donors (Lipinski definition) is 0. The van der Waals surface area contributed by atoms with Gasteiger partial charge in [-0.2, -0.15) is 26.0 Å². The van der Waals surface area contributed by atoms with Gasteiger partial charge in [0.15, 0.2) is 69.8 Å². The molecule has 428 valence electrons. The van der Waals surface area contributed by atoms with E-state index < -0.39 is 112 Å². The largest absolute Gasteiger partial charge is 0.216 e.